The molecule has 138 valence electrons. The molecule has 0 unspecified atom stereocenters. The molecule has 2 aromatic heterocycles. The van der Waals surface area contributed by atoms with Crippen LogP contribution in [-0.4, -0.2) is 28.6 Å². The monoisotopic (exact) mass is 402 g/mol. The fourth-order valence-electron chi connectivity index (χ4n) is 3.05. The maximum absolute atomic E-state index is 6.38. The summed E-state index contributed by atoms with van der Waals surface area (Å²) < 4.78 is 12.7. The fraction of sp³-hybridized carbons (Fsp3) is 0.158. The zero-order chi connectivity index (χ0) is 19.1. The Kier molecular flexibility index (Phi) is 4.45. The summed E-state index contributed by atoms with van der Waals surface area (Å²) >= 11 is 12.5. The van der Waals surface area contributed by atoms with Gasteiger partial charge in [0.15, 0.2) is 17.3 Å². The van der Waals surface area contributed by atoms with Gasteiger partial charge < -0.3 is 14.8 Å². The number of anilines is 2. The molecule has 8 heteroatoms. The van der Waals surface area contributed by atoms with Crippen LogP contribution in [0.2, 0.25) is 10.0 Å². The highest BCUT2D eigenvalue weighted by molar-refractivity contribution is 6.36. The molecule has 4 rings (SSSR count). The molecule has 27 heavy (non-hydrogen) atoms. The highest BCUT2D eigenvalue weighted by Crippen LogP contribution is 2.36. The number of nitrogens with zero attached hydrogens (tertiary/aromatic N) is 3. The molecule has 0 atom stereocenters. The van der Waals surface area contributed by atoms with Crippen molar-refractivity contribution >= 4 is 51.3 Å². The number of benzene rings is 2. The predicted octanol–water partition coefficient (Wildman–Crippen LogP) is 5.26. The van der Waals surface area contributed by atoms with Gasteiger partial charge in [-0.1, -0.05) is 23.2 Å². The molecule has 0 saturated carbocycles. The first-order chi connectivity index (χ1) is 13.0. The second-order valence-corrected chi connectivity index (χ2v) is 6.85. The second-order valence-electron chi connectivity index (χ2n) is 6.01. The smallest absolute Gasteiger partial charge is 0.163 e. The van der Waals surface area contributed by atoms with E-state index in [1.165, 1.54) is 0 Å². The van der Waals surface area contributed by atoms with Crippen molar-refractivity contribution < 1.29 is 9.47 Å². The Labute approximate surface area is 165 Å². The van der Waals surface area contributed by atoms with Crippen LogP contribution in [0.1, 0.15) is 5.56 Å². The molecule has 0 aliphatic rings. The number of hydrogen-bond donors (Lipinski definition) is 1. The van der Waals surface area contributed by atoms with Gasteiger partial charge in [0.1, 0.15) is 5.52 Å². The second kappa shape index (κ2) is 6.79. The van der Waals surface area contributed by atoms with Crippen molar-refractivity contribution in [2.75, 3.05) is 19.5 Å². The number of fused-ring (bicyclic) bond motifs is 3. The lowest BCUT2D eigenvalue weighted by atomic mass is 10.2. The molecule has 0 amide bonds. The molecule has 2 heterocycles. The summed E-state index contributed by atoms with van der Waals surface area (Å²) in [7, 11) is 3.19. The van der Waals surface area contributed by atoms with Crippen LogP contribution in [0.15, 0.2) is 36.8 Å². The Morgan fingerprint density at radius 3 is 2.44 bits per heavy atom. The van der Waals surface area contributed by atoms with Gasteiger partial charge in [-0.3, -0.25) is 4.40 Å². The Bertz CT molecular complexity index is 1150. The van der Waals surface area contributed by atoms with Gasteiger partial charge in [-0.15, -0.1) is 0 Å². The van der Waals surface area contributed by atoms with Crippen molar-refractivity contribution in [3.8, 4) is 11.5 Å². The Balaban J connectivity index is 1.94. The number of halogens is 2. The van der Waals surface area contributed by atoms with Gasteiger partial charge >= 0.3 is 0 Å². The third-order valence-electron chi connectivity index (χ3n) is 4.35. The molecular weight excluding hydrogens is 387 g/mol. The van der Waals surface area contributed by atoms with Crippen molar-refractivity contribution in [2.24, 2.45) is 0 Å². The number of aryl methyl sites for hydroxylation is 1. The predicted molar refractivity (Wildman–Crippen MR) is 108 cm³/mol. The van der Waals surface area contributed by atoms with Crippen LogP contribution in [0.4, 0.5) is 11.5 Å². The fourth-order valence-corrected chi connectivity index (χ4v) is 3.69. The first-order valence-corrected chi connectivity index (χ1v) is 8.88. The van der Waals surface area contributed by atoms with Crippen LogP contribution < -0.4 is 14.8 Å². The number of ether oxygens (including phenoxy) is 2. The Morgan fingerprint density at radius 2 is 1.74 bits per heavy atom. The average molecular weight is 403 g/mol. The molecular formula is C19H16Cl2N4O2. The van der Waals surface area contributed by atoms with Crippen LogP contribution in [0.5, 0.6) is 11.5 Å². The van der Waals surface area contributed by atoms with Crippen LogP contribution in [0, 0.1) is 6.92 Å². The number of hydrogen-bond acceptors (Lipinski definition) is 5. The van der Waals surface area contributed by atoms with Gasteiger partial charge in [0, 0.05) is 17.2 Å². The summed E-state index contributed by atoms with van der Waals surface area (Å²) in [6, 6.07) is 7.24. The molecule has 0 spiro atoms. The molecule has 0 bridgehead atoms. The van der Waals surface area contributed by atoms with E-state index < -0.39 is 0 Å². The van der Waals surface area contributed by atoms with Gasteiger partial charge in [-0.05, 0) is 24.6 Å². The topological polar surface area (TPSA) is 60.7 Å². The normalized spacial score (nSPS) is 11.1. The summed E-state index contributed by atoms with van der Waals surface area (Å²) in [5.74, 6) is 1.85. The largest absolute Gasteiger partial charge is 0.493 e. The zero-order valence-corrected chi connectivity index (χ0v) is 16.4. The highest BCUT2D eigenvalue weighted by atomic mass is 35.5. The molecule has 0 radical (unpaired) electrons. The van der Waals surface area contributed by atoms with Crippen molar-refractivity contribution in [3.05, 3.63) is 52.4 Å². The third-order valence-corrected chi connectivity index (χ3v) is 4.87. The maximum atomic E-state index is 6.38. The first-order valence-electron chi connectivity index (χ1n) is 8.12. The van der Waals surface area contributed by atoms with Gasteiger partial charge in [0.05, 0.1) is 48.5 Å². The average Bonchev–Trinajstić information content (AvgIpc) is 3.13. The lowest BCUT2D eigenvalue weighted by molar-refractivity contribution is 0.355. The molecule has 2 aromatic carbocycles. The van der Waals surface area contributed by atoms with Crippen LogP contribution >= 0.6 is 23.2 Å². The minimum atomic E-state index is 0.520. The van der Waals surface area contributed by atoms with Crippen molar-refractivity contribution in [2.45, 2.75) is 6.92 Å². The van der Waals surface area contributed by atoms with E-state index in [0.717, 1.165) is 27.8 Å². The lowest BCUT2D eigenvalue weighted by Crippen LogP contribution is -2.02. The van der Waals surface area contributed by atoms with Gasteiger partial charge in [-0.25, -0.2) is 9.97 Å². The minimum absolute atomic E-state index is 0.520. The summed E-state index contributed by atoms with van der Waals surface area (Å²) in [4.78, 5) is 9.03. The highest BCUT2D eigenvalue weighted by Gasteiger charge is 2.15. The van der Waals surface area contributed by atoms with Crippen LogP contribution in [0.3, 0.4) is 0 Å². The minimum Gasteiger partial charge on any atom is -0.493 e. The van der Waals surface area contributed by atoms with E-state index in [4.69, 9.17) is 37.7 Å². The van der Waals surface area contributed by atoms with E-state index in [-0.39, 0.29) is 0 Å². The van der Waals surface area contributed by atoms with E-state index in [1.54, 1.807) is 32.8 Å². The number of aromatic nitrogens is 3. The van der Waals surface area contributed by atoms with Crippen LogP contribution in [-0.2, 0) is 0 Å². The van der Waals surface area contributed by atoms with E-state index in [2.05, 4.69) is 10.3 Å². The van der Waals surface area contributed by atoms with Gasteiger partial charge in [0.25, 0.3) is 0 Å². The molecule has 6 nitrogen and oxygen atoms in total. The summed E-state index contributed by atoms with van der Waals surface area (Å²) in [5.41, 5.74) is 4.05. The zero-order valence-electron chi connectivity index (χ0n) is 14.9. The quantitative estimate of drug-likeness (QED) is 0.504. The maximum Gasteiger partial charge on any atom is 0.163 e. The summed E-state index contributed by atoms with van der Waals surface area (Å²) in [6.07, 6.45) is 3.47. The SMILES string of the molecule is COc1cc2nc(Nc3c(C)cc(Cl)cc3Cl)c3cncn3c2cc1OC. The lowest BCUT2D eigenvalue weighted by Gasteiger charge is -2.15. The molecule has 0 saturated heterocycles. The molecule has 0 aliphatic carbocycles. The van der Waals surface area contributed by atoms with Crippen molar-refractivity contribution in [1.82, 2.24) is 14.4 Å². The van der Waals surface area contributed by atoms with Crippen LogP contribution in [0.25, 0.3) is 16.6 Å². The standard InChI is InChI=1S/C19H16Cl2N4O2/c1-10-4-11(20)5-12(21)18(10)24-19-15-8-22-9-25(15)14-7-17(27-3)16(26-2)6-13(14)23-19/h4-9H,1-3H3,(H,23,24). The third kappa shape index (κ3) is 3.01. The number of rotatable bonds is 4. The van der Waals surface area contributed by atoms with E-state index in [1.807, 2.05) is 29.5 Å². The van der Waals surface area contributed by atoms with Gasteiger partial charge in [-0.2, -0.15) is 0 Å². The Morgan fingerprint density at radius 1 is 1.00 bits per heavy atom. The molecule has 0 fully saturated rings. The molecule has 0 aliphatic heterocycles. The van der Waals surface area contributed by atoms with E-state index in [9.17, 15) is 0 Å². The summed E-state index contributed by atoms with van der Waals surface area (Å²) in [6.45, 7) is 1.93. The van der Waals surface area contributed by atoms with E-state index >= 15 is 0 Å². The molecule has 1 N–H and O–H groups in total. The summed E-state index contributed by atoms with van der Waals surface area (Å²) in [5, 5.41) is 4.42. The Hall–Kier alpha value is -2.70. The van der Waals surface area contributed by atoms with Crippen molar-refractivity contribution in [3.63, 3.8) is 0 Å². The van der Waals surface area contributed by atoms with E-state index in [0.29, 0.717) is 27.4 Å². The number of methoxy groups -OCH3 is 2. The number of imidazole rings is 1. The molecule has 4 aromatic rings. The van der Waals surface area contributed by atoms with Crippen molar-refractivity contribution in [1.29, 1.82) is 0 Å². The first kappa shape index (κ1) is 17.7. The van der Waals surface area contributed by atoms with Gasteiger partial charge in [0.2, 0.25) is 0 Å². The number of nitrogens with one attached hydrogen (secondary N) is 1.